The molecule has 4 atom stereocenters. The fourth-order valence-corrected chi connectivity index (χ4v) is 9.58. The number of carbonyl (C=O) groups is 5. The van der Waals surface area contributed by atoms with Crippen LogP contribution in [0.3, 0.4) is 0 Å². The molecule has 3 heterocycles. The minimum absolute atomic E-state index is 0.00516. The zero-order valence-corrected chi connectivity index (χ0v) is 63.8. The Morgan fingerprint density at radius 2 is 0.856 bits per heavy atom. The van der Waals surface area contributed by atoms with Gasteiger partial charge in [0.2, 0.25) is 17.6 Å². The number of nitro benzene ring substituents is 2. The quantitative estimate of drug-likeness (QED) is 0.00979. The number of anilines is 2. The summed E-state index contributed by atoms with van der Waals surface area (Å²) in [6.07, 6.45) is -16.8. The second kappa shape index (κ2) is 44.3. The molecular weight excluding hydrogens is 1640 g/mol. The number of aliphatic carboxylic acids is 3. The van der Waals surface area contributed by atoms with Crippen LogP contribution < -0.4 is 38.2 Å². The van der Waals surface area contributed by atoms with Gasteiger partial charge in [-0.25, -0.2) is 38.5 Å². The summed E-state index contributed by atoms with van der Waals surface area (Å²) in [7, 11) is 0. The molecule has 3 unspecified atom stereocenters. The van der Waals surface area contributed by atoms with Gasteiger partial charge in [-0.2, -0.15) is 52.7 Å². The molecule has 0 aliphatic heterocycles. The van der Waals surface area contributed by atoms with E-state index in [1.807, 2.05) is 6.92 Å². The summed E-state index contributed by atoms with van der Waals surface area (Å²) in [4.78, 5) is 90.3. The summed E-state index contributed by atoms with van der Waals surface area (Å²) in [5.41, 5.74) is -5.87. The summed E-state index contributed by atoms with van der Waals surface area (Å²) < 4.78 is 201. The molecule has 0 aliphatic carbocycles. The average molecular weight is 1720 g/mol. The van der Waals surface area contributed by atoms with E-state index in [1.165, 1.54) is 86.3 Å². The first kappa shape index (κ1) is 95.8. The molecule has 0 spiro atoms. The van der Waals surface area contributed by atoms with Crippen molar-refractivity contribution in [2.75, 3.05) is 35.4 Å². The summed E-state index contributed by atoms with van der Waals surface area (Å²) in [5, 5.41) is 48.8. The number of pyridine rings is 3. The Bertz CT molecular complexity index is 4620. The minimum Gasteiger partial charge on any atom is -0.480 e. The van der Waals surface area contributed by atoms with E-state index in [0.717, 1.165) is 60.2 Å². The van der Waals surface area contributed by atoms with Crippen LogP contribution in [-0.4, -0.2) is 120 Å². The van der Waals surface area contributed by atoms with E-state index in [4.69, 9.17) is 66.6 Å². The lowest BCUT2D eigenvalue weighted by Gasteiger charge is -2.27. The second-order valence-corrected chi connectivity index (χ2v) is 24.8. The normalized spacial score (nSPS) is 12.1. The number of nitro groups is 2. The van der Waals surface area contributed by atoms with Crippen molar-refractivity contribution in [2.24, 2.45) is 0 Å². The maximum absolute atomic E-state index is 13.3. The van der Waals surface area contributed by atoms with Gasteiger partial charge >= 0.3 is 48.6 Å². The number of hydrogen-bond donors (Lipinski definition) is 3. The number of carboxylic acid groups (broad SMARTS) is 3. The Kier molecular flexibility index (Phi) is 36.0. The van der Waals surface area contributed by atoms with Crippen molar-refractivity contribution in [1.82, 2.24) is 15.0 Å². The molecular formula is C77H70Cl2F13N7O19. The number of amides is 1. The van der Waals surface area contributed by atoms with Crippen molar-refractivity contribution in [3.63, 3.8) is 0 Å². The zero-order valence-electron chi connectivity index (χ0n) is 62.3. The fraction of sp³-hybridized carbons (Fsp3) is 0.273. The van der Waals surface area contributed by atoms with E-state index in [9.17, 15) is 106 Å². The van der Waals surface area contributed by atoms with E-state index in [2.05, 4.69) is 15.0 Å². The van der Waals surface area contributed by atoms with Crippen LogP contribution in [0.15, 0.2) is 188 Å². The molecule has 0 fully saturated rings. The molecule has 9 aromatic rings. The van der Waals surface area contributed by atoms with Gasteiger partial charge in [-0.15, -0.1) is 11.6 Å². The van der Waals surface area contributed by atoms with Crippen molar-refractivity contribution < 1.29 is 139 Å². The van der Waals surface area contributed by atoms with Crippen molar-refractivity contribution >= 4 is 75.7 Å². The number of nitrogens with zero attached hydrogens (tertiary/aromatic N) is 7. The van der Waals surface area contributed by atoms with Crippen LogP contribution in [0.2, 0.25) is 5.02 Å². The van der Waals surface area contributed by atoms with Crippen LogP contribution in [0, 0.1) is 26.0 Å². The van der Waals surface area contributed by atoms with Gasteiger partial charge in [0.25, 0.3) is 17.3 Å². The Balaban J connectivity index is 0.000000263. The number of esters is 1. The smallest absolute Gasteiger partial charge is 0.417 e. The maximum atomic E-state index is 13.3. The monoisotopic (exact) mass is 1710 g/mol. The lowest BCUT2D eigenvalue weighted by Crippen LogP contribution is -2.43. The highest BCUT2D eigenvalue weighted by molar-refractivity contribution is 6.31. The first-order valence-electron chi connectivity index (χ1n) is 34.3. The van der Waals surface area contributed by atoms with Gasteiger partial charge in [0, 0.05) is 79.1 Å². The SMILES string of the molecule is CC(C(=O)O)N(C(=O)c1ccccc1)c1ccc(F)c(Cl)c1.CC(Oc1ccc(Oc2ccc(C(F)(F)F)cn2)cc1)C(=O)O.CCCCOC(=O)C(C)Oc1ccc(Oc2ccc(C(F)(F)F)cn2)cc1.CCCN(CCCl)c1c([N+](=O)[O-])cc(C(F)(F)F)cc1[N+](=O)[O-].C[C@@H](Oc1ccc(Oc2ccc(C(F)(F)F)cn2)cc1)C(=O)O. The van der Waals surface area contributed by atoms with Gasteiger partial charge in [0.05, 0.1) is 43.7 Å². The molecule has 41 heteroatoms. The first-order chi connectivity index (χ1) is 55.3. The maximum Gasteiger partial charge on any atom is 0.417 e. The molecule has 118 heavy (non-hydrogen) atoms. The van der Waals surface area contributed by atoms with E-state index in [-0.39, 0.29) is 47.3 Å². The number of carboxylic acids is 3. The molecule has 3 N–H and O–H groups in total. The van der Waals surface area contributed by atoms with E-state index >= 15 is 0 Å². The number of unbranched alkanes of at least 4 members (excludes halogenated alkanes) is 1. The standard InChI is InChI=1S/C19H20F3NO4.C16H13ClFNO3.2C15H12F3NO4.C12H13ClF3N3O4/c1-3-4-11-25-18(24)13(2)26-15-6-8-16(9-7-15)27-17-10-5-14(12-23-17)19(20,21)22;1-10(16(21)22)19(12-7-8-14(18)13(17)9-12)15(20)11-5-3-2-4-6-11;2*1-9(14(20)21)22-11-3-5-12(6-4-11)23-13-7-2-10(8-19-13)15(16,17)18;1-2-4-17(5-3-13)11-9(18(20)21)6-8(12(14,15)16)7-10(11)19(22)23/h5-10,12-13H,3-4,11H2,1-2H3;2-10H,1H3,(H,21,22);2*2-9H,1H3,(H,20,21);6-7H,2-5H2,1H3/t;;9-;;/m..1../s1. The minimum atomic E-state index is -4.93. The molecule has 0 aliphatic rings. The van der Waals surface area contributed by atoms with Crippen LogP contribution in [-0.2, 0) is 48.6 Å². The molecule has 0 radical (unpaired) electrons. The van der Waals surface area contributed by atoms with E-state index in [1.54, 1.807) is 68.4 Å². The van der Waals surface area contributed by atoms with Crippen LogP contribution in [0.4, 0.5) is 79.8 Å². The van der Waals surface area contributed by atoms with Gasteiger partial charge in [-0.05, 0) is 162 Å². The van der Waals surface area contributed by atoms with Crippen molar-refractivity contribution in [1.29, 1.82) is 0 Å². The first-order valence-corrected chi connectivity index (χ1v) is 35.2. The largest absolute Gasteiger partial charge is 0.480 e. The number of aromatic nitrogens is 3. The molecule has 26 nitrogen and oxygen atoms in total. The van der Waals surface area contributed by atoms with Gasteiger partial charge in [-0.1, -0.05) is 50.1 Å². The lowest BCUT2D eigenvalue weighted by molar-refractivity contribution is -0.393. The molecule has 3 aromatic heterocycles. The number of benzene rings is 6. The summed E-state index contributed by atoms with van der Waals surface area (Å²) in [6.45, 7) is 10.0. The number of carbonyl (C=O) groups excluding carboxylic acids is 2. The third kappa shape index (κ3) is 30.8. The van der Waals surface area contributed by atoms with Crippen molar-refractivity contribution in [2.45, 2.75) is 110 Å². The van der Waals surface area contributed by atoms with Crippen LogP contribution in [0.25, 0.3) is 0 Å². The van der Waals surface area contributed by atoms with Gasteiger partial charge in [0.1, 0.15) is 46.4 Å². The highest BCUT2D eigenvalue weighted by Crippen LogP contribution is 2.44. The predicted molar refractivity (Wildman–Crippen MR) is 398 cm³/mol. The summed E-state index contributed by atoms with van der Waals surface area (Å²) >= 11 is 11.3. The molecule has 1 amide bonds. The molecule has 632 valence electrons. The highest BCUT2D eigenvalue weighted by atomic mass is 35.5. The number of halogens is 15. The Morgan fingerprint density at radius 3 is 1.16 bits per heavy atom. The Morgan fingerprint density at radius 1 is 0.483 bits per heavy atom. The van der Waals surface area contributed by atoms with Gasteiger partial charge in [-0.3, -0.25) is 29.9 Å². The van der Waals surface area contributed by atoms with E-state index in [0.29, 0.717) is 83.8 Å². The third-order valence-corrected chi connectivity index (χ3v) is 15.6. The molecule has 6 aromatic carbocycles. The van der Waals surface area contributed by atoms with Crippen molar-refractivity contribution in [3.8, 4) is 52.1 Å². The van der Waals surface area contributed by atoms with Crippen LogP contribution in [0.5, 0.6) is 52.1 Å². The molecule has 9 rings (SSSR count). The molecule has 0 bridgehead atoms. The second-order valence-electron chi connectivity index (χ2n) is 24.1. The molecule has 0 saturated heterocycles. The van der Waals surface area contributed by atoms with E-state index < -0.39 is 134 Å². The number of alkyl halides is 13. The van der Waals surface area contributed by atoms with Gasteiger partial charge < -0.3 is 53.4 Å². The summed E-state index contributed by atoms with van der Waals surface area (Å²) in [5.74, 6) is -2.80. The molecule has 0 saturated carbocycles. The number of rotatable bonds is 29. The van der Waals surface area contributed by atoms with Crippen LogP contribution in [0.1, 0.15) is 93.4 Å². The number of hydrogen-bond acceptors (Lipinski definition) is 20. The summed E-state index contributed by atoms with van der Waals surface area (Å²) in [6, 6.07) is 35.6. The zero-order chi connectivity index (χ0) is 88.0. The van der Waals surface area contributed by atoms with Gasteiger partial charge in [0.15, 0.2) is 24.0 Å². The third-order valence-electron chi connectivity index (χ3n) is 15.2. The average Bonchev–Trinajstić information content (AvgIpc) is 0.776. The predicted octanol–water partition coefficient (Wildman–Crippen LogP) is 20.1. The fourth-order valence-electron chi connectivity index (χ4n) is 9.20. The number of ether oxygens (including phenoxy) is 7. The topological polar surface area (TPSA) is 342 Å². The highest BCUT2D eigenvalue weighted by Gasteiger charge is 2.40. The van der Waals surface area contributed by atoms with Crippen molar-refractivity contribution in [3.05, 3.63) is 247 Å². The Hall–Kier alpha value is -12.8. The van der Waals surface area contributed by atoms with Crippen LogP contribution >= 0.6 is 23.2 Å². The lowest BCUT2D eigenvalue weighted by atomic mass is 10.1. The Labute approximate surface area is 672 Å².